The Morgan fingerprint density at radius 1 is 1.29 bits per heavy atom. The summed E-state index contributed by atoms with van der Waals surface area (Å²) in [5, 5.41) is 4.67. The van der Waals surface area contributed by atoms with E-state index >= 15 is 0 Å². The molecular weight excluding hydrogens is 328 g/mol. The van der Waals surface area contributed by atoms with Crippen molar-refractivity contribution in [1.29, 1.82) is 0 Å². The molecule has 1 aromatic rings. The van der Waals surface area contributed by atoms with Gasteiger partial charge in [-0.25, -0.2) is 9.48 Å². The first kappa shape index (κ1) is 17.8. The van der Waals surface area contributed by atoms with E-state index in [-0.39, 0.29) is 12.3 Å². The lowest BCUT2D eigenvalue weighted by molar-refractivity contribution is 0.0518. The molecule has 0 aromatic carbocycles. The van der Waals surface area contributed by atoms with Crippen LogP contribution in [0.2, 0.25) is 5.15 Å². The Morgan fingerprint density at radius 2 is 2.04 bits per heavy atom. The summed E-state index contributed by atoms with van der Waals surface area (Å²) < 4.78 is 11.5. The molecule has 0 spiro atoms. The molecule has 0 amide bonds. The number of esters is 1. The third kappa shape index (κ3) is 4.49. The lowest BCUT2D eigenvalue weighted by Gasteiger charge is -2.04. The van der Waals surface area contributed by atoms with E-state index in [0.29, 0.717) is 17.3 Å². The van der Waals surface area contributed by atoms with Gasteiger partial charge in [0.1, 0.15) is 5.15 Å². The molecule has 1 aromatic heterocycles. The third-order valence-electron chi connectivity index (χ3n) is 3.16. The van der Waals surface area contributed by atoms with Crippen molar-refractivity contribution in [3.05, 3.63) is 70.8 Å². The molecular formula is C18H19ClN2O3. The van der Waals surface area contributed by atoms with Gasteiger partial charge < -0.3 is 9.47 Å². The molecule has 0 bridgehead atoms. The molecule has 5 nitrogen and oxygen atoms in total. The zero-order valence-electron chi connectivity index (χ0n) is 13.6. The van der Waals surface area contributed by atoms with Crippen LogP contribution in [0.4, 0.5) is 0 Å². The average molecular weight is 347 g/mol. The minimum atomic E-state index is -0.515. The molecule has 0 radical (unpaired) electrons. The Bertz CT molecular complexity index is 740. The highest BCUT2D eigenvalue weighted by Crippen LogP contribution is 2.24. The number of ether oxygens (including phenoxy) is 2. The normalized spacial score (nSPS) is 16.4. The van der Waals surface area contributed by atoms with E-state index in [0.717, 1.165) is 5.57 Å². The van der Waals surface area contributed by atoms with E-state index in [2.05, 4.69) is 5.10 Å². The monoisotopic (exact) mass is 346 g/mol. The summed E-state index contributed by atoms with van der Waals surface area (Å²) in [6.07, 6.45) is 16.7. The van der Waals surface area contributed by atoms with Crippen molar-refractivity contribution in [1.82, 2.24) is 9.78 Å². The fourth-order valence-corrected chi connectivity index (χ4v) is 2.33. The molecule has 0 atom stereocenters. The summed E-state index contributed by atoms with van der Waals surface area (Å²) in [7, 11) is 1.52. The lowest BCUT2D eigenvalue weighted by atomic mass is 10.2. The summed E-state index contributed by atoms with van der Waals surface area (Å²) in [6, 6.07) is 0. The standard InChI is InChI=1S/C18H19ClN2O3/c1-3-24-18(22)16-15(11-12-23-2)17(19)21(20-16)13-14-9-7-5-4-6-8-10-14/h4-12H,3,13H2,1-2H3/b5-4-,6-4?,7-5?,8-6-,9-7?,10-8?,12-11+,14-9?,14-10?. The SMILES string of the molecule is CCOC(=O)c1nn(CC2=C/C=C\C=C/C=C2)c(Cl)c1/C=C/OC. The number of carbonyl (C=O) groups is 1. The van der Waals surface area contributed by atoms with Gasteiger partial charge in [-0.3, -0.25) is 0 Å². The Balaban J connectivity index is 2.36. The summed E-state index contributed by atoms with van der Waals surface area (Å²) in [6.45, 7) is 2.44. The topological polar surface area (TPSA) is 53.3 Å². The number of halogens is 1. The molecule has 0 N–H and O–H groups in total. The first-order chi connectivity index (χ1) is 11.7. The minimum Gasteiger partial charge on any atom is -0.504 e. The first-order valence-corrected chi connectivity index (χ1v) is 7.88. The van der Waals surface area contributed by atoms with Crippen molar-refractivity contribution in [2.75, 3.05) is 13.7 Å². The minimum absolute atomic E-state index is 0.168. The van der Waals surface area contributed by atoms with Gasteiger partial charge in [-0.1, -0.05) is 54.1 Å². The van der Waals surface area contributed by atoms with Crippen LogP contribution in [0, 0.1) is 0 Å². The van der Waals surface area contributed by atoms with Crippen LogP contribution in [0.5, 0.6) is 0 Å². The molecule has 126 valence electrons. The Hall–Kier alpha value is -2.53. The lowest BCUT2D eigenvalue weighted by Crippen LogP contribution is -2.08. The van der Waals surface area contributed by atoms with E-state index in [1.165, 1.54) is 13.4 Å². The van der Waals surface area contributed by atoms with Crippen molar-refractivity contribution >= 4 is 23.6 Å². The van der Waals surface area contributed by atoms with Gasteiger partial charge in [0, 0.05) is 5.56 Å². The molecule has 2 rings (SSSR count). The van der Waals surface area contributed by atoms with Gasteiger partial charge >= 0.3 is 5.97 Å². The highest BCUT2D eigenvalue weighted by atomic mass is 35.5. The highest BCUT2D eigenvalue weighted by molar-refractivity contribution is 6.31. The van der Waals surface area contributed by atoms with Crippen molar-refractivity contribution in [2.24, 2.45) is 0 Å². The molecule has 1 heterocycles. The second-order valence-electron chi connectivity index (χ2n) is 4.84. The first-order valence-electron chi connectivity index (χ1n) is 7.50. The molecule has 0 aliphatic heterocycles. The number of aromatic nitrogens is 2. The van der Waals surface area contributed by atoms with E-state index < -0.39 is 5.97 Å². The quantitative estimate of drug-likeness (QED) is 0.578. The second-order valence-corrected chi connectivity index (χ2v) is 5.20. The van der Waals surface area contributed by atoms with Gasteiger partial charge in [0.25, 0.3) is 0 Å². The van der Waals surface area contributed by atoms with Gasteiger partial charge in [-0.2, -0.15) is 5.10 Å². The number of allylic oxidation sites excluding steroid dienone is 8. The number of nitrogens with zero attached hydrogens (tertiary/aromatic N) is 2. The maximum absolute atomic E-state index is 12.1. The van der Waals surface area contributed by atoms with E-state index in [1.807, 2.05) is 42.5 Å². The van der Waals surface area contributed by atoms with Crippen LogP contribution in [0.3, 0.4) is 0 Å². The van der Waals surface area contributed by atoms with Crippen molar-refractivity contribution < 1.29 is 14.3 Å². The van der Waals surface area contributed by atoms with E-state index in [1.54, 1.807) is 17.7 Å². The van der Waals surface area contributed by atoms with Gasteiger partial charge in [-0.15, -0.1) is 0 Å². The van der Waals surface area contributed by atoms with Crippen molar-refractivity contribution in [3.8, 4) is 0 Å². The van der Waals surface area contributed by atoms with Crippen LogP contribution >= 0.6 is 11.6 Å². The van der Waals surface area contributed by atoms with Crippen molar-refractivity contribution in [2.45, 2.75) is 13.5 Å². The Morgan fingerprint density at radius 3 is 2.79 bits per heavy atom. The summed E-state index contributed by atoms with van der Waals surface area (Å²) >= 11 is 6.40. The molecule has 0 unspecified atom stereocenters. The number of carbonyl (C=O) groups excluding carboxylic acids is 1. The molecule has 6 heteroatoms. The van der Waals surface area contributed by atoms with Crippen LogP contribution in [0.1, 0.15) is 23.0 Å². The second kappa shape index (κ2) is 8.93. The molecule has 1 aliphatic rings. The van der Waals surface area contributed by atoms with Gasteiger partial charge in [0.05, 0.1) is 26.5 Å². The highest BCUT2D eigenvalue weighted by Gasteiger charge is 2.21. The molecule has 1 aliphatic carbocycles. The largest absolute Gasteiger partial charge is 0.504 e. The number of rotatable bonds is 6. The summed E-state index contributed by atoms with van der Waals surface area (Å²) in [4.78, 5) is 12.1. The number of hydrogen-bond acceptors (Lipinski definition) is 4. The average Bonchev–Trinajstić information content (AvgIpc) is 2.84. The van der Waals surface area contributed by atoms with Crippen molar-refractivity contribution in [3.63, 3.8) is 0 Å². The van der Waals surface area contributed by atoms with Gasteiger partial charge in [0.2, 0.25) is 0 Å². The van der Waals surface area contributed by atoms with Gasteiger partial charge in [0.15, 0.2) is 5.69 Å². The number of methoxy groups -OCH3 is 1. The van der Waals surface area contributed by atoms with Crippen LogP contribution in [-0.4, -0.2) is 29.5 Å². The fourth-order valence-electron chi connectivity index (χ4n) is 2.08. The van der Waals surface area contributed by atoms with Crippen LogP contribution < -0.4 is 0 Å². The molecule has 0 saturated carbocycles. The predicted molar refractivity (Wildman–Crippen MR) is 94.7 cm³/mol. The van der Waals surface area contributed by atoms with Crippen LogP contribution in [0.15, 0.2) is 54.4 Å². The fraction of sp³-hybridized carbons (Fsp3) is 0.222. The zero-order valence-corrected chi connectivity index (χ0v) is 14.4. The summed E-state index contributed by atoms with van der Waals surface area (Å²) in [5.41, 5.74) is 1.64. The number of hydrogen-bond donors (Lipinski definition) is 0. The smallest absolute Gasteiger partial charge is 0.359 e. The van der Waals surface area contributed by atoms with Crippen LogP contribution in [0.25, 0.3) is 6.08 Å². The summed E-state index contributed by atoms with van der Waals surface area (Å²) in [5.74, 6) is -0.515. The van der Waals surface area contributed by atoms with Gasteiger partial charge in [-0.05, 0) is 18.6 Å². The molecule has 0 saturated heterocycles. The Labute approximate surface area is 146 Å². The molecule has 0 fully saturated rings. The third-order valence-corrected chi connectivity index (χ3v) is 3.56. The van der Waals surface area contributed by atoms with Crippen LogP contribution in [-0.2, 0) is 16.0 Å². The van der Waals surface area contributed by atoms with E-state index in [4.69, 9.17) is 21.1 Å². The van der Waals surface area contributed by atoms with E-state index in [9.17, 15) is 4.79 Å². The maximum atomic E-state index is 12.1. The predicted octanol–water partition coefficient (Wildman–Crippen LogP) is 3.94. The Kier molecular flexibility index (Phi) is 6.63. The zero-order chi connectivity index (χ0) is 17.4. The molecule has 24 heavy (non-hydrogen) atoms. The maximum Gasteiger partial charge on any atom is 0.359 e.